The Morgan fingerprint density at radius 2 is 1.10 bits per heavy atom. The number of aliphatic hydroxyl groups excluding tert-OH is 1. The largest absolute Gasteiger partial charge is 0.457 e. The third-order valence-corrected chi connectivity index (χ3v) is 7.14. The van der Waals surface area contributed by atoms with Gasteiger partial charge in [-0.05, 0) is 70.6 Å². The van der Waals surface area contributed by atoms with Gasteiger partial charge < -0.3 is 14.6 Å². The summed E-state index contributed by atoms with van der Waals surface area (Å²) in [4.78, 5) is 12.1. The number of carbonyl (C=O) groups is 1. The summed E-state index contributed by atoms with van der Waals surface area (Å²) >= 11 is 0. The Labute approximate surface area is 254 Å². The molecule has 0 spiro atoms. The molecule has 0 heterocycles. The zero-order chi connectivity index (χ0) is 29.9. The highest BCUT2D eigenvalue weighted by molar-refractivity contribution is 5.69. The highest BCUT2D eigenvalue weighted by Crippen LogP contribution is 2.11. The zero-order valence-corrected chi connectivity index (χ0v) is 27.0. The minimum absolute atomic E-state index is 0.187. The van der Waals surface area contributed by atoms with Crippen molar-refractivity contribution in [1.29, 1.82) is 0 Å². The van der Waals surface area contributed by atoms with Crippen LogP contribution in [0.25, 0.3) is 0 Å². The molecule has 0 radical (unpaired) electrons. The highest BCUT2D eigenvalue weighted by Gasteiger charge is 2.13. The molecule has 0 amide bonds. The minimum atomic E-state index is -0.551. The normalized spacial score (nSPS) is 13.0. The monoisotopic (exact) mass is 574 g/mol. The highest BCUT2D eigenvalue weighted by atomic mass is 16.6. The van der Waals surface area contributed by atoms with Crippen LogP contribution < -0.4 is 0 Å². The molecule has 1 N–H and O–H groups in total. The lowest BCUT2D eigenvalue weighted by Gasteiger charge is -2.15. The third kappa shape index (κ3) is 32.7. The van der Waals surface area contributed by atoms with Gasteiger partial charge in [0.05, 0.1) is 13.2 Å². The van der Waals surface area contributed by atoms with E-state index in [0.717, 1.165) is 51.4 Å². The average Bonchev–Trinajstić information content (AvgIpc) is 2.98. The molecule has 1 unspecified atom stereocenters. The van der Waals surface area contributed by atoms with E-state index < -0.39 is 6.10 Å². The van der Waals surface area contributed by atoms with Crippen LogP contribution >= 0.6 is 0 Å². The quantitative estimate of drug-likeness (QED) is 0.0508. The van der Waals surface area contributed by atoms with E-state index in [1.54, 1.807) is 0 Å². The van der Waals surface area contributed by atoms with Gasteiger partial charge in [0.15, 0.2) is 0 Å². The molecule has 0 saturated carbocycles. The van der Waals surface area contributed by atoms with Crippen molar-refractivity contribution < 1.29 is 19.4 Å². The maximum Gasteiger partial charge on any atom is 0.306 e. The fourth-order valence-electron chi connectivity index (χ4n) is 4.57. The Morgan fingerprint density at radius 3 is 1.68 bits per heavy atom. The summed E-state index contributed by atoms with van der Waals surface area (Å²) in [6, 6.07) is 0. The molecule has 0 aromatic rings. The number of allylic oxidation sites excluding steroid dienone is 8. The molecule has 4 heteroatoms. The molecule has 0 bridgehead atoms. The smallest absolute Gasteiger partial charge is 0.306 e. The second-order valence-corrected chi connectivity index (χ2v) is 11.2. The fraction of sp³-hybridized carbons (Fsp3) is 0.757. The molecule has 0 aliphatic carbocycles. The molecule has 0 aliphatic rings. The van der Waals surface area contributed by atoms with E-state index in [1.807, 2.05) is 0 Å². The second kappa shape index (κ2) is 34.6. The summed E-state index contributed by atoms with van der Waals surface area (Å²) in [5, 5.41) is 9.52. The number of ether oxygens (including phenoxy) is 2. The molecule has 0 fully saturated rings. The predicted molar refractivity (Wildman–Crippen MR) is 177 cm³/mol. The van der Waals surface area contributed by atoms with E-state index in [4.69, 9.17) is 9.47 Å². The number of unbranched alkanes of at least 4 members (excludes halogenated alkanes) is 15. The molecule has 4 nitrogen and oxygen atoms in total. The van der Waals surface area contributed by atoms with Crippen LogP contribution in [0.5, 0.6) is 0 Å². The van der Waals surface area contributed by atoms with Crippen molar-refractivity contribution >= 4 is 5.97 Å². The average molecular weight is 575 g/mol. The first-order valence-electron chi connectivity index (χ1n) is 17.2. The standard InChI is InChI=1S/C37H66O4/c1-3-5-7-9-11-13-15-17-18-19-21-23-25-27-29-31-33-40-35-36(34-38)41-37(39)32-30-28-26-24-22-20-16-14-12-10-8-6-4-2/h6,8,12,14,17-18,20,22,36,38H,3-5,7,9-11,13,15-16,19,21,23-35H2,1-2H3/b8-6-,14-12-,18-17-,22-20-. The summed E-state index contributed by atoms with van der Waals surface area (Å²) in [6.07, 6.45) is 42.9. The Morgan fingerprint density at radius 1 is 0.610 bits per heavy atom. The number of rotatable bonds is 31. The Bertz CT molecular complexity index is 649. The number of esters is 1. The molecule has 41 heavy (non-hydrogen) atoms. The Hall–Kier alpha value is -1.65. The maximum absolute atomic E-state index is 12.1. The van der Waals surface area contributed by atoms with E-state index in [2.05, 4.69) is 62.5 Å². The van der Waals surface area contributed by atoms with Gasteiger partial charge in [-0.3, -0.25) is 4.79 Å². The number of hydrogen-bond donors (Lipinski definition) is 1. The van der Waals surface area contributed by atoms with Gasteiger partial charge in [0, 0.05) is 13.0 Å². The first kappa shape index (κ1) is 39.4. The molecule has 0 aliphatic heterocycles. The van der Waals surface area contributed by atoms with Gasteiger partial charge in [-0.1, -0.05) is 127 Å². The van der Waals surface area contributed by atoms with E-state index in [1.165, 1.54) is 83.5 Å². The van der Waals surface area contributed by atoms with Crippen molar-refractivity contribution in [2.75, 3.05) is 19.8 Å². The van der Waals surface area contributed by atoms with Crippen molar-refractivity contribution in [3.63, 3.8) is 0 Å². The van der Waals surface area contributed by atoms with E-state index in [0.29, 0.717) is 13.0 Å². The zero-order valence-electron chi connectivity index (χ0n) is 27.0. The predicted octanol–water partition coefficient (Wildman–Crippen LogP) is 10.8. The van der Waals surface area contributed by atoms with Crippen LogP contribution in [0.2, 0.25) is 0 Å². The van der Waals surface area contributed by atoms with E-state index >= 15 is 0 Å². The molecule has 1 atom stereocenters. The molecular formula is C37H66O4. The van der Waals surface area contributed by atoms with Crippen LogP contribution in [-0.4, -0.2) is 37.0 Å². The lowest BCUT2D eigenvalue weighted by Crippen LogP contribution is -2.27. The number of aliphatic hydroxyl groups is 1. The maximum atomic E-state index is 12.1. The Kier molecular flexibility index (Phi) is 33.2. The van der Waals surface area contributed by atoms with Crippen LogP contribution in [-0.2, 0) is 14.3 Å². The summed E-state index contributed by atoms with van der Waals surface area (Å²) in [7, 11) is 0. The molecule has 0 aromatic carbocycles. The van der Waals surface area contributed by atoms with Crippen molar-refractivity contribution in [1.82, 2.24) is 0 Å². The molecule has 238 valence electrons. The van der Waals surface area contributed by atoms with Crippen LogP contribution in [0.1, 0.15) is 155 Å². The van der Waals surface area contributed by atoms with E-state index in [-0.39, 0.29) is 19.2 Å². The first-order valence-corrected chi connectivity index (χ1v) is 17.2. The van der Waals surface area contributed by atoms with Crippen molar-refractivity contribution in [2.24, 2.45) is 0 Å². The fourth-order valence-corrected chi connectivity index (χ4v) is 4.57. The first-order chi connectivity index (χ1) is 20.2. The van der Waals surface area contributed by atoms with Crippen molar-refractivity contribution in [2.45, 2.75) is 161 Å². The molecule has 0 rings (SSSR count). The minimum Gasteiger partial charge on any atom is -0.457 e. The van der Waals surface area contributed by atoms with Gasteiger partial charge in [0.1, 0.15) is 6.10 Å². The van der Waals surface area contributed by atoms with Crippen LogP contribution in [0, 0.1) is 0 Å². The number of hydrogen-bond acceptors (Lipinski definition) is 4. The third-order valence-electron chi connectivity index (χ3n) is 7.14. The summed E-state index contributed by atoms with van der Waals surface area (Å²) < 4.78 is 11.1. The summed E-state index contributed by atoms with van der Waals surface area (Å²) in [5.41, 5.74) is 0. The van der Waals surface area contributed by atoms with Gasteiger partial charge in [0.25, 0.3) is 0 Å². The topological polar surface area (TPSA) is 55.8 Å². The molecular weight excluding hydrogens is 508 g/mol. The van der Waals surface area contributed by atoms with Crippen LogP contribution in [0.15, 0.2) is 48.6 Å². The SMILES string of the molecule is CC/C=C\C/C=C\C/C=C\CCCCCC(=O)OC(CO)COCCCCCCCC/C=C\CCCCCCCC. The van der Waals surface area contributed by atoms with Gasteiger partial charge in [-0.2, -0.15) is 0 Å². The van der Waals surface area contributed by atoms with Crippen LogP contribution in [0.3, 0.4) is 0 Å². The van der Waals surface area contributed by atoms with Gasteiger partial charge >= 0.3 is 5.97 Å². The summed E-state index contributed by atoms with van der Waals surface area (Å²) in [5.74, 6) is -0.234. The van der Waals surface area contributed by atoms with Crippen molar-refractivity contribution in [3.05, 3.63) is 48.6 Å². The molecule has 0 saturated heterocycles. The lowest BCUT2D eigenvalue weighted by molar-refractivity contribution is -0.154. The van der Waals surface area contributed by atoms with Gasteiger partial charge in [-0.25, -0.2) is 0 Å². The Balaban J connectivity index is 3.51. The lowest BCUT2D eigenvalue weighted by atomic mass is 10.1. The molecule has 0 aromatic heterocycles. The summed E-state index contributed by atoms with van der Waals surface area (Å²) in [6.45, 7) is 5.17. The van der Waals surface area contributed by atoms with Crippen LogP contribution in [0.4, 0.5) is 0 Å². The second-order valence-electron chi connectivity index (χ2n) is 11.2. The van der Waals surface area contributed by atoms with Gasteiger partial charge in [0.2, 0.25) is 0 Å². The number of carbonyl (C=O) groups excluding carboxylic acids is 1. The van der Waals surface area contributed by atoms with Gasteiger partial charge in [-0.15, -0.1) is 0 Å². The van der Waals surface area contributed by atoms with E-state index in [9.17, 15) is 9.90 Å². The van der Waals surface area contributed by atoms with Crippen molar-refractivity contribution in [3.8, 4) is 0 Å².